The Balaban J connectivity index is 1.30. The monoisotopic (exact) mass is 535 g/mol. The van der Waals surface area contributed by atoms with Gasteiger partial charge in [-0.25, -0.2) is 4.39 Å². The number of carbonyl (C=O) groups is 3. The number of nitrogens with zero attached hydrogens (tertiary/aromatic N) is 1. The highest BCUT2D eigenvalue weighted by Gasteiger charge is 2.76. The molecule has 7 nitrogen and oxygen atoms in total. The molecular weight excluding hydrogens is 497 g/mol. The van der Waals surface area contributed by atoms with Crippen LogP contribution < -0.4 is 10.6 Å². The quantitative estimate of drug-likeness (QED) is 0.498. The van der Waals surface area contributed by atoms with E-state index in [4.69, 9.17) is 4.74 Å². The van der Waals surface area contributed by atoms with Gasteiger partial charge in [0.25, 0.3) is 0 Å². The summed E-state index contributed by atoms with van der Waals surface area (Å²) in [5, 5.41) is 6.10. The SMILES string of the molecule is C[C@@]12C=C[C@]3(O1)[C@H](C(=O)N(CCC1=CCCCC1)[C@H]3C(=O)NC1CCCCC1)[C@H]2C(=O)Nc1ccc(F)cc1. The zero-order chi connectivity index (χ0) is 27.2. The van der Waals surface area contributed by atoms with Crippen LogP contribution in [-0.4, -0.2) is 52.5 Å². The number of likely N-dealkylation sites (tertiary alicyclic amines) is 1. The maximum absolute atomic E-state index is 14.2. The Morgan fingerprint density at radius 3 is 2.54 bits per heavy atom. The minimum atomic E-state index is -1.20. The van der Waals surface area contributed by atoms with Gasteiger partial charge in [0, 0.05) is 18.3 Å². The number of hydrogen-bond acceptors (Lipinski definition) is 4. The third-order valence-electron chi connectivity index (χ3n) is 9.45. The van der Waals surface area contributed by atoms with Gasteiger partial charge in [-0.05, 0) is 76.1 Å². The second kappa shape index (κ2) is 10.2. The maximum Gasteiger partial charge on any atom is 0.246 e. The van der Waals surface area contributed by atoms with Gasteiger partial charge in [-0.15, -0.1) is 0 Å². The number of rotatable bonds is 7. The highest BCUT2D eigenvalue weighted by molar-refractivity contribution is 6.03. The number of benzene rings is 1. The molecule has 1 aromatic carbocycles. The molecule has 2 saturated heterocycles. The van der Waals surface area contributed by atoms with Crippen LogP contribution >= 0.6 is 0 Å². The Morgan fingerprint density at radius 2 is 1.82 bits per heavy atom. The molecule has 0 unspecified atom stereocenters. The fraction of sp³-hybridized carbons (Fsp3) is 0.581. The lowest BCUT2D eigenvalue weighted by Gasteiger charge is -2.35. The molecule has 3 heterocycles. The summed E-state index contributed by atoms with van der Waals surface area (Å²) >= 11 is 0. The van der Waals surface area contributed by atoms with Crippen molar-refractivity contribution in [3.05, 3.63) is 53.9 Å². The number of anilines is 1. The molecule has 39 heavy (non-hydrogen) atoms. The summed E-state index contributed by atoms with van der Waals surface area (Å²) in [6, 6.07) is 4.82. The van der Waals surface area contributed by atoms with E-state index in [0.29, 0.717) is 12.2 Å². The second-order valence-electron chi connectivity index (χ2n) is 12.1. The minimum absolute atomic E-state index is 0.0930. The Morgan fingerprint density at radius 1 is 1.05 bits per heavy atom. The van der Waals surface area contributed by atoms with Crippen molar-refractivity contribution in [3.63, 3.8) is 0 Å². The number of carbonyl (C=O) groups excluding carboxylic acids is 3. The molecule has 2 bridgehead atoms. The van der Waals surface area contributed by atoms with Crippen LogP contribution in [0, 0.1) is 17.7 Å². The number of fused-ring (bicyclic) bond motifs is 1. The molecule has 5 aliphatic rings. The van der Waals surface area contributed by atoms with E-state index in [-0.39, 0.29) is 23.8 Å². The van der Waals surface area contributed by atoms with Crippen LogP contribution in [0.25, 0.3) is 0 Å². The first kappa shape index (κ1) is 26.2. The van der Waals surface area contributed by atoms with Crippen LogP contribution in [0.3, 0.4) is 0 Å². The van der Waals surface area contributed by atoms with Gasteiger partial charge in [0.1, 0.15) is 17.5 Å². The molecule has 0 aromatic heterocycles. The van der Waals surface area contributed by atoms with E-state index in [9.17, 15) is 18.8 Å². The summed E-state index contributed by atoms with van der Waals surface area (Å²) < 4.78 is 20.0. The van der Waals surface area contributed by atoms with E-state index in [1.165, 1.54) is 42.7 Å². The van der Waals surface area contributed by atoms with E-state index >= 15 is 0 Å². The fourth-order valence-corrected chi connectivity index (χ4v) is 7.55. The molecule has 2 aliphatic carbocycles. The van der Waals surface area contributed by atoms with Gasteiger partial charge >= 0.3 is 0 Å². The molecule has 6 rings (SSSR count). The summed E-state index contributed by atoms with van der Waals surface area (Å²) in [5.74, 6) is -2.78. The van der Waals surface area contributed by atoms with Gasteiger partial charge < -0.3 is 20.3 Å². The largest absolute Gasteiger partial charge is 0.356 e. The Labute approximate surface area is 229 Å². The molecule has 3 aliphatic heterocycles. The predicted octanol–water partition coefficient (Wildman–Crippen LogP) is 4.64. The van der Waals surface area contributed by atoms with Gasteiger partial charge in [0.15, 0.2) is 0 Å². The molecule has 8 heteroatoms. The van der Waals surface area contributed by atoms with Gasteiger partial charge in [-0.2, -0.15) is 0 Å². The third-order valence-corrected chi connectivity index (χ3v) is 9.45. The third kappa shape index (κ3) is 4.60. The summed E-state index contributed by atoms with van der Waals surface area (Å²) in [7, 11) is 0. The highest BCUT2D eigenvalue weighted by atomic mass is 19.1. The van der Waals surface area contributed by atoms with Crippen molar-refractivity contribution in [1.29, 1.82) is 0 Å². The molecule has 0 radical (unpaired) electrons. The van der Waals surface area contributed by atoms with Crippen LogP contribution in [0.2, 0.25) is 0 Å². The molecule has 5 atom stereocenters. The standard InChI is InChI=1S/C31H38FN3O4/c1-30-17-18-31(39-30)25(24(30)27(36)33-23-14-12-21(32)13-15-23)29(38)35(19-16-20-8-4-2-5-9-20)26(31)28(37)34-22-10-6-3-7-11-22/h8,12-15,17-18,22,24-26H,2-7,9-11,16,19H2,1H3,(H,33,36)(H,34,37)/t24-,25-,26-,30-,31-/m0/s1. The highest BCUT2D eigenvalue weighted by Crippen LogP contribution is 2.60. The Kier molecular flexibility index (Phi) is 6.86. The van der Waals surface area contributed by atoms with Crippen LogP contribution in [0.15, 0.2) is 48.1 Å². The van der Waals surface area contributed by atoms with Crippen molar-refractivity contribution in [3.8, 4) is 0 Å². The van der Waals surface area contributed by atoms with Gasteiger partial charge in [0.2, 0.25) is 17.7 Å². The van der Waals surface area contributed by atoms with E-state index < -0.39 is 34.9 Å². The zero-order valence-corrected chi connectivity index (χ0v) is 22.6. The maximum atomic E-state index is 14.2. The molecule has 1 spiro atoms. The van der Waals surface area contributed by atoms with Crippen LogP contribution in [0.4, 0.5) is 10.1 Å². The molecule has 208 valence electrons. The lowest BCUT2D eigenvalue weighted by Crippen LogP contribution is -2.56. The Hall–Kier alpha value is -3.00. The topological polar surface area (TPSA) is 87.7 Å². The number of allylic oxidation sites excluding steroid dienone is 1. The molecule has 1 saturated carbocycles. The van der Waals surface area contributed by atoms with Crippen molar-refractivity contribution in [1.82, 2.24) is 10.2 Å². The summed E-state index contributed by atoms with van der Waals surface area (Å²) in [5.41, 5.74) is -0.445. The van der Waals surface area contributed by atoms with E-state index in [2.05, 4.69) is 16.7 Å². The van der Waals surface area contributed by atoms with Crippen LogP contribution in [0.5, 0.6) is 0 Å². The predicted molar refractivity (Wildman–Crippen MR) is 145 cm³/mol. The van der Waals surface area contributed by atoms with Gasteiger partial charge in [-0.1, -0.05) is 43.1 Å². The van der Waals surface area contributed by atoms with Crippen LogP contribution in [-0.2, 0) is 19.1 Å². The first-order chi connectivity index (χ1) is 18.8. The first-order valence-corrected chi connectivity index (χ1v) is 14.6. The first-order valence-electron chi connectivity index (χ1n) is 14.6. The Bertz CT molecular complexity index is 1210. The molecule has 1 aromatic rings. The van der Waals surface area contributed by atoms with Gasteiger partial charge in [-0.3, -0.25) is 14.4 Å². The van der Waals surface area contributed by atoms with Crippen LogP contribution in [0.1, 0.15) is 71.1 Å². The number of halogens is 1. The second-order valence-corrected chi connectivity index (χ2v) is 12.1. The summed E-state index contributed by atoms with van der Waals surface area (Å²) in [6.45, 7) is 2.23. The zero-order valence-electron chi connectivity index (χ0n) is 22.6. The van der Waals surface area contributed by atoms with Gasteiger partial charge in [0.05, 0.1) is 17.4 Å². The van der Waals surface area contributed by atoms with Crippen molar-refractivity contribution >= 4 is 23.4 Å². The fourth-order valence-electron chi connectivity index (χ4n) is 7.55. The number of amides is 3. The van der Waals surface area contributed by atoms with Crippen molar-refractivity contribution in [2.45, 2.75) is 94.4 Å². The van der Waals surface area contributed by atoms with E-state index in [0.717, 1.165) is 51.4 Å². The number of ether oxygens (including phenoxy) is 1. The lowest BCUT2D eigenvalue weighted by atomic mass is 9.70. The van der Waals surface area contributed by atoms with E-state index in [1.54, 1.807) is 4.90 Å². The smallest absolute Gasteiger partial charge is 0.246 e. The van der Waals surface area contributed by atoms with Crippen molar-refractivity contribution in [2.24, 2.45) is 11.8 Å². The van der Waals surface area contributed by atoms with E-state index in [1.807, 2.05) is 19.1 Å². The molecule has 3 amide bonds. The number of nitrogens with one attached hydrogen (secondary N) is 2. The minimum Gasteiger partial charge on any atom is -0.356 e. The summed E-state index contributed by atoms with van der Waals surface area (Å²) in [6.07, 6.45) is 16.3. The lowest BCUT2D eigenvalue weighted by molar-refractivity contribution is -0.144. The molecular formula is C31H38FN3O4. The van der Waals surface area contributed by atoms with Crippen molar-refractivity contribution < 1.29 is 23.5 Å². The summed E-state index contributed by atoms with van der Waals surface area (Å²) in [4.78, 5) is 43.5. The van der Waals surface area contributed by atoms with Crippen molar-refractivity contribution in [2.75, 3.05) is 11.9 Å². The average molecular weight is 536 g/mol. The molecule has 3 fully saturated rings. The normalized spacial score (nSPS) is 33.7. The average Bonchev–Trinajstić information content (AvgIpc) is 3.50. The molecule has 2 N–H and O–H groups in total. The number of hydrogen-bond donors (Lipinski definition) is 2.